The maximum absolute atomic E-state index is 13.2. The highest BCUT2D eigenvalue weighted by Gasteiger charge is 2.42. The molecule has 2 aromatic rings. The molecule has 2 bridgehead atoms. The number of ether oxygens (including phenoxy) is 3. The molecule has 0 saturated carbocycles. The van der Waals surface area contributed by atoms with E-state index < -0.39 is 0 Å². The Bertz CT molecular complexity index is 842. The molecule has 2 unspecified atom stereocenters. The number of carbonyl (C=O) groups excluding carboxylic acids is 1. The maximum atomic E-state index is 13.2. The van der Waals surface area contributed by atoms with Gasteiger partial charge in [0.25, 0.3) is 0 Å². The van der Waals surface area contributed by atoms with Crippen molar-refractivity contribution >= 4 is 5.91 Å². The van der Waals surface area contributed by atoms with Gasteiger partial charge in [0.15, 0.2) is 11.5 Å². The van der Waals surface area contributed by atoms with Gasteiger partial charge in [-0.3, -0.25) is 9.78 Å². The number of hydrogen-bond donors (Lipinski definition) is 0. The summed E-state index contributed by atoms with van der Waals surface area (Å²) in [6, 6.07) is 8.14. The van der Waals surface area contributed by atoms with Crippen LogP contribution in [0.15, 0.2) is 30.5 Å². The first kappa shape index (κ1) is 17.6. The van der Waals surface area contributed by atoms with Crippen LogP contribution in [-0.2, 0) is 17.6 Å². The molecule has 0 radical (unpaired) electrons. The van der Waals surface area contributed by atoms with Gasteiger partial charge in [0.2, 0.25) is 11.7 Å². The first-order valence-corrected chi connectivity index (χ1v) is 9.20. The van der Waals surface area contributed by atoms with Gasteiger partial charge in [0.1, 0.15) is 0 Å². The number of nitrogens with zero attached hydrogens (tertiary/aromatic N) is 2. The minimum atomic E-state index is 0.131. The second-order valence-electron chi connectivity index (χ2n) is 7.00. The Morgan fingerprint density at radius 3 is 2.56 bits per heavy atom. The molecule has 2 aliphatic heterocycles. The molecular weight excluding hydrogens is 344 g/mol. The number of benzene rings is 1. The molecule has 1 aromatic carbocycles. The summed E-state index contributed by atoms with van der Waals surface area (Å²) in [5.74, 6) is 1.80. The van der Waals surface area contributed by atoms with Gasteiger partial charge < -0.3 is 19.1 Å². The Morgan fingerprint density at radius 2 is 1.89 bits per heavy atom. The lowest BCUT2D eigenvalue weighted by atomic mass is 9.97. The Balaban J connectivity index is 1.60. The van der Waals surface area contributed by atoms with Crippen LogP contribution in [0, 0.1) is 0 Å². The zero-order valence-corrected chi connectivity index (χ0v) is 15.9. The van der Waals surface area contributed by atoms with E-state index in [1.807, 2.05) is 24.4 Å². The van der Waals surface area contributed by atoms with Gasteiger partial charge in [0, 0.05) is 24.4 Å². The fraction of sp³-hybridized carbons (Fsp3) is 0.429. The summed E-state index contributed by atoms with van der Waals surface area (Å²) in [6.45, 7) is 0. The summed E-state index contributed by atoms with van der Waals surface area (Å²) in [7, 11) is 4.73. The van der Waals surface area contributed by atoms with Crippen molar-refractivity contribution in [1.82, 2.24) is 9.88 Å². The van der Waals surface area contributed by atoms with Gasteiger partial charge in [0.05, 0.1) is 33.8 Å². The number of amides is 1. The molecule has 1 amide bonds. The third-order valence-corrected chi connectivity index (χ3v) is 5.58. The van der Waals surface area contributed by atoms with Crippen molar-refractivity contribution in [2.45, 2.75) is 37.8 Å². The number of aromatic nitrogens is 1. The summed E-state index contributed by atoms with van der Waals surface area (Å²) < 4.78 is 16.2. The highest BCUT2D eigenvalue weighted by atomic mass is 16.5. The smallest absolute Gasteiger partial charge is 0.227 e. The zero-order valence-electron chi connectivity index (χ0n) is 15.9. The average Bonchev–Trinajstić information content (AvgIpc) is 3.02. The maximum Gasteiger partial charge on any atom is 0.227 e. The Hall–Kier alpha value is -2.76. The second-order valence-corrected chi connectivity index (χ2v) is 7.00. The van der Waals surface area contributed by atoms with Crippen molar-refractivity contribution in [2.75, 3.05) is 21.3 Å². The van der Waals surface area contributed by atoms with Gasteiger partial charge >= 0.3 is 0 Å². The lowest BCUT2D eigenvalue weighted by molar-refractivity contribution is -0.134. The van der Waals surface area contributed by atoms with Gasteiger partial charge in [-0.2, -0.15) is 0 Å². The van der Waals surface area contributed by atoms with Crippen molar-refractivity contribution in [1.29, 1.82) is 0 Å². The van der Waals surface area contributed by atoms with Crippen LogP contribution in [0.5, 0.6) is 17.2 Å². The predicted molar refractivity (Wildman–Crippen MR) is 100 cm³/mol. The number of hydrogen-bond acceptors (Lipinski definition) is 5. The van der Waals surface area contributed by atoms with Gasteiger partial charge in [-0.05, 0) is 42.2 Å². The quantitative estimate of drug-likeness (QED) is 0.812. The third-order valence-electron chi connectivity index (χ3n) is 5.58. The molecule has 6 nitrogen and oxygen atoms in total. The highest BCUT2D eigenvalue weighted by Crippen LogP contribution is 2.44. The summed E-state index contributed by atoms with van der Waals surface area (Å²) in [6.07, 6.45) is 5.02. The van der Waals surface area contributed by atoms with Crippen LogP contribution in [0.25, 0.3) is 0 Å². The SMILES string of the molecule is COc1cc(CC(=O)N2C3CCC2c2cccnc2C3)cc(OC)c1OC. The zero-order chi connectivity index (χ0) is 19.0. The van der Waals surface area contributed by atoms with Crippen LogP contribution >= 0.6 is 0 Å². The minimum Gasteiger partial charge on any atom is -0.493 e. The highest BCUT2D eigenvalue weighted by molar-refractivity contribution is 5.81. The van der Waals surface area contributed by atoms with Crippen molar-refractivity contribution in [2.24, 2.45) is 0 Å². The molecule has 6 heteroatoms. The van der Waals surface area contributed by atoms with E-state index in [1.54, 1.807) is 21.3 Å². The normalized spacial score (nSPS) is 20.2. The number of methoxy groups -OCH3 is 3. The topological polar surface area (TPSA) is 60.9 Å². The summed E-state index contributed by atoms with van der Waals surface area (Å²) in [5, 5.41) is 0. The Morgan fingerprint density at radius 1 is 1.15 bits per heavy atom. The molecule has 0 aliphatic carbocycles. The summed E-state index contributed by atoms with van der Waals surface area (Å²) in [5.41, 5.74) is 3.19. The third kappa shape index (κ3) is 2.99. The van der Waals surface area contributed by atoms with Gasteiger partial charge in [-0.15, -0.1) is 0 Å². The molecule has 3 heterocycles. The molecule has 142 valence electrons. The van der Waals surface area contributed by atoms with Crippen LogP contribution in [0.1, 0.15) is 35.7 Å². The molecule has 0 N–H and O–H groups in total. The van der Waals surface area contributed by atoms with E-state index in [0.29, 0.717) is 23.7 Å². The largest absolute Gasteiger partial charge is 0.493 e. The van der Waals surface area contributed by atoms with Gasteiger partial charge in [-0.25, -0.2) is 0 Å². The lowest BCUT2D eigenvalue weighted by Gasteiger charge is -2.36. The van der Waals surface area contributed by atoms with Gasteiger partial charge in [-0.1, -0.05) is 6.07 Å². The lowest BCUT2D eigenvalue weighted by Crippen LogP contribution is -2.42. The number of carbonyl (C=O) groups is 1. The van der Waals surface area contributed by atoms with Crippen LogP contribution in [0.2, 0.25) is 0 Å². The molecule has 1 aromatic heterocycles. The van der Waals surface area contributed by atoms with E-state index >= 15 is 0 Å². The first-order valence-electron chi connectivity index (χ1n) is 9.20. The van der Waals surface area contributed by atoms with Crippen molar-refractivity contribution < 1.29 is 19.0 Å². The second kappa shape index (κ2) is 7.10. The van der Waals surface area contributed by atoms with Crippen molar-refractivity contribution in [3.63, 3.8) is 0 Å². The van der Waals surface area contributed by atoms with Crippen LogP contribution in [0.4, 0.5) is 0 Å². The van der Waals surface area contributed by atoms with E-state index in [2.05, 4.69) is 16.0 Å². The molecule has 27 heavy (non-hydrogen) atoms. The minimum absolute atomic E-state index is 0.131. The van der Waals surface area contributed by atoms with E-state index in [4.69, 9.17) is 14.2 Å². The molecule has 1 fully saturated rings. The predicted octanol–water partition coefficient (Wildman–Crippen LogP) is 2.94. The number of pyridine rings is 1. The van der Waals surface area contributed by atoms with E-state index in [0.717, 1.165) is 30.5 Å². The fourth-order valence-electron chi connectivity index (χ4n) is 4.42. The van der Waals surface area contributed by atoms with E-state index in [9.17, 15) is 4.79 Å². The molecule has 2 aliphatic rings. The average molecular weight is 368 g/mol. The van der Waals surface area contributed by atoms with Crippen LogP contribution in [-0.4, -0.2) is 43.2 Å². The molecule has 2 atom stereocenters. The first-order chi connectivity index (χ1) is 13.2. The molecule has 4 rings (SSSR count). The molecule has 1 saturated heterocycles. The molecular formula is C21H24N2O4. The Kier molecular flexibility index (Phi) is 4.64. The van der Waals surface area contributed by atoms with Crippen molar-refractivity contribution in [3.8, 4) is 17.2 Å². The number of fused-ring (bicyclic) bond motifs is 4. The fourth-order valence-corrected chi connectivity index (χ4v) is 4.42. The van der Waals surface area contributed by atoms with Crippen LogP contribution < -0.4 is 14.2 Å². The van der Waals surface area contributed by atoms with E-state index in [1.165, 1.54) is 5.56 Å². The summed E-state index contributed by atoms with van der Waals surface area (Å²) >= 11 is 0. The number of rotatable bonds is 5. The monoisotopic (exact) mass is 368 g/mol. The Labute approximate surface area is 159 Å². The molecule has 0 spiro atoms. The van der Waals surface area contributed by atoms with Crippen LogP contribution in [0.3, 0.4) is 0 Å². The van der Waals surface area contributed by atoms with E-state index in [-0.39, 0.29) is 18.0 Å². The summed E-state index contributed by atoms with van der Waals surface area (Å²) in [4.78, 5) is 19.8. The van der Waals surface area contributed by atoms with Crippen molar-refractivity contribution in [3.05, 3.63) is 47.3 Å². The standard InChI is InChI=1S/C21H24N2O4/c1-25-18-9-13(10-19(26-2)21(18)27-3)11-20(24)23-14-6-7-17(23)15-5-4-8-22-16(15)12-14/h4-5,8-10,14,17H,6-7,11-12H2,1-3H3.